The topological polar surface area (TPSA) is 85.4 Å². The second kappa shape index (κ2) is 5.58. The Morgan fingerprint density at radius 2 is 2.21 bits per heavy atom. The van der Waals surface area contributed by atoms with Gasteiger partial charge in [-0.05, 0) is 18.2 Å². The first-order valence-electron chi connectivity index (χ1n) is 5.42. The predicted octanol–water partition coefficient (Wildman–Crippen LogP) is 2.59. The number of hydrogen-bond acceptors (Lipinski definition) is 4. The zero-order valence-electron chi connectivity index (χ0n) is 9.84. The summed E-state index contributed by atoms with van der Waals surface area (Å²) in [4.78, 5) is 15.0. The number of rotatable bonds is 4. The number of benzene rings is 1. The number of nitrogens with zero attached hydrogens (tertiary/aromatic N) is 1. The van der Waals surface area contributed by atoms with Crippen LogP contribution in [-0.4, -0.2) is 16.1 Å². The fourth-order valence-electron chi connectivity index (χ4n) is 1.57. The number of anilines is 1. The number of nitrogens with two attached hydrogens (primary N) is 1. The van der Waals surface area contributed by atoms with E-state index >= 15 is 0 Å². The molecule has 0 amide bonds. The smallest absolute Gasteiger partial charge is 0.341 e. The van der Waals surface area contributed by atoms with Crippen LogP contribution in [0.1, 0.15) is 15.9 Å². The van der Waals surface area contributed by atoms with E-state index in [2.05, 4.69) is 4.98 Å². The summed E-state index contributed by atoms with van der Waals surface area (Å²) >= 11 is 5.94. The number of halogens is 1. The highest BCUT2D eigenvalue weighted by Crippen LogP contribution is 2.26. The van der Waals surface area contributed by atoms with E-state index in [-0.39, 0.29) is 23.6 Å². The van der Waals surface area contributed by atoms with Gasteiger partial charge in [0.2, 0.25) is 0 Å². The molecule has 0 fully saturated rings. The lowest BCUT2D eigenvalue weighted by Gasteiger charge is -2.11. The molecule has 0 aliphatic carbocycles. The van der Waals surface area contributed by atoms with E-state index in [0.717, 1.165) is 5.56 Å². The number of pyridine rings is 1. The Kier molecular flexibility index (Phi) is 3.87. The Bertz CT molecular complexity index is 617. The van der Waals surface area contributed by atoms with E-state index < -0.39 is 5.97 Å². The quantitative estimate of drug-likeness (QED) is 0.840. The number of hydrogen-bond donors (Lipinski definition) is 2. The molecule has 19 heavy (non-hydrogen) atoms. The van der Waals surface area contributed by atoms with Gasteiger partial charge in [0.15, 0.2) is 0 Å². The highest BCUT2D eigenvalue weighted by atomic mass is 35.5. The maximum atomic E-state index is 11.1. The Labute approximate surface area is 114 Å². The standard InChI is InChI=1S/C13H11ClN2O3/c14-9-6-16-5-4-8(9)7-19-11-3-1-2-10(15)12(11)13(17)18/h1-6H,7,15H2,(H,17,18). The van der Waals surface area contributed by atoms with Crippen molar-refractivity contribution in [3.05, 3.63) is 52.8 Å². The van der Waals surface area contributed by atoms with Crippen LogP contribution >= 0.6 is 11.6 Å². The first-order valence-corrected chi connectivity index (χ1v) is 5.80. The fourth-order valence-corrected chi connectivity index (χ4v) is 1.75. The predicted molar refractivity (Wildman–Crippen MR) is 71.4 cm³/mol. The summed E-state index contributed by atoms with van der Waals surface area (Å²) in [6.45, 7) is 0.144. The van der Waals surface area contributed by atoms with Gasteiger partial charge < -0.3 is 15.6 Å². The number of nitrogen functional groups attached to an aromatic ring is 1. The molecule has 3 N–H and O–H groups in total. The van der Waals surface area contributed by atoms with Crippen LogP contribution in [0.2, 0.25) is 5.02 Å². The Morgan fingerprint density at radius 1 is 1.42 bits per heavy atom. The molecule has 1 aromatic heterocycles. The minimum Gasteiger partial charge on any atom is -0.488 e. The van der Waals surface area contributed by atoms with Gasteiger partial charge in [0.1, 0.15) is 17.9 Å². The third kappa shape index (κ3) is 2.95. The summed E-state index contributed by atoms with van der Waals surface area (Å²) in [6.07, 6.45) is 3.08. The van der Waals surface area contributed by atoms with Crippen molar-refractivity contribution in [2.45, 2.75) is 6.61 Å². The second-order valence-electron chi connectivity index (χ2n) is 3.78. The van der Waals surface area contributed by atoms with Gasteiger partial charge in [-0.2, -0.15) is 0 Å². The van der Waals surface area contributed by atoms with Crippen LogP contribution in [0.25, 0.3) is 0 Å². The largest absolute Gasteiger partial charge is 0.488 e. The van der Waals surface area contributed by atoms with Crippen LogP contribution in [0.15, 0.2) is 36.7 Å². The summed E-state index contributed by atoms with van der Waals surface area (Å²) < 4.78 is 5.47. The highest BCUT2D eigenvalue weighted by molar-refractivity contribution is 6.31. The van der Waals surface area contributed by atoms with Crippen molar-refractivity contribution in [2.24, 2.45) is 0 Å². The zero-order chi connectivity index (χ0) is 13.8. The minimum absolute atomic E-state index is 0.0484. The maximum absolute atomic E-state index is 11.1. The summed E-state index contributed by atoms with van der Waals surface area (Å²) in [5, 5.41) is 9.56. The van der Waals surface area contributed by atoms with Gasteiger partial charge in [-0.3, -0.25) is 4.98 Å². The van der Waals surface area contributed by atoms with Gasteiger partial charge >= 0.3 is 5.97 Å². The SMILES string of the molecule is Nc1cccc(OCc2ccncc2Cl)c1C(=O)O. The Hall–Kier alpha value is -2.27. The average molecular weight is 279 g/mol. The molecule has 1 aromatic carbocycles. The van der Waals surface area contributed by atoms with Gasteiger partial charge in [0.25, 0.3) is 0 Å². The fraction of sp³-hybridized carbons (Fsp3) is 0.0769. The van der Waals surface area contributed by atoms with E-state index in [4.69, 9.17) is 27.2 Å². The van der Waals surface area contributed by atoms with Crippen molar-refractivity contribution in [2.75, 3.05) is 5.73 Å². The number of carboxylic acids is 1. The van der Waals surface area contributed by atoms with Gasteiger partial charge in [-0.15, -0.1) is 0 Å². The molecule has 5 nitrogen and oxygen atoms in total. The Balaban J connectivity index is 2.23. The molecule has 0 radical (unpaired) electrons. The molecule has 2 aromatic rings. The highest BCUT2D eigenvalue weighted by Gasteiger charge is 2.15. The van der Waals surface area contributed by atoms with Crippen molar-refractivity contribution in [3.63, 3.8) is 0 Å². The van der Waals surface area contributed by atoms with Crippen molar-refractivity contribution in [1.29, 1.82) is 0 Å². The van der Waals surface area contributed by atoms with Crippen molar-refractivity contribution < 1.29 is 14.6 Å². The van der Waals surface area contributed by atoms with Crippen molar-refractivity contribution >= 4 is 23.3 Å². The van der Waals surface area contributed by atoms with E-state index in [1.807, 2.05) is 0 Å². The summed E-state index contributed by atoms with van der Waals surface area (Å²) in [5.41, 5.74) is 6.45. The number of aromatic nitrogens is 1. The third-order valence-electron chi connectivity index (χ3n) is 2.51. The molecule has 0 saturated heterocycles. The number of ether oxygens (including phenoxy) is 1. The number of aromatic carboxylic acids is 1. The lowest BCUT2D eigenvalue weighted by atomic mass is 10.1. The third-order valence-corrected chi connectivity index (χ3v) is 2.85. The molecule has 0 bridgehead atoms. The van der Waals surface area contributed by atoms with Gasteiger partial charge in [-0.25, -0.2) is 4.79 Å². The second-order valence-corrected chi connectivity index (χ2v) is 4.19. The molecular weight excluding hydrogens is 268 g/mol. The monoisotopic (exact) mass is 278 g/mol. The van der Waals surface area contributed by atoms with Crippen LogP contribution in [0.5, 0.6) is 5.75 Å². The molecule has 0 aliphatic rings. The lowest BCUT2D eigenvalue weighted by molar-refractivity contribution is 0.0693. The Morgan fingerprint density at radius 3 is 2.89 bits per heavy atom. The zero-order valence-corrected chi connectivity index (χ0v) is 10.6. The van der Waals surface area contributed by atoms with Gasteiger partial charge in [0, 0.05) is 23.6 Å². The molecule has 2 rings (SSSR count). The number of carbonyl (C=O) groups is 1. The van der Waals surface area contributed by atoms with Gasteiger partial charge in [0.05, 0.1) is 5.02 Å². The normalized spacial score (nSPS) is 10.2. The molecule has 0 saturated carbocycles. The lowest BCUT2D eigenvalue weighted by Crippen LogP contribution is -2.07. The van der Waals surface area contributed by atoms with E-state index in [0.29, 0.717) is 5.02 Å². The van der Waals surface area contributed by atoms with Crippen LogP contribution in [0.3, 0.4) is 0 Å². The maximum Gasteiger partial charge on any atom is 0.341 e. The molecule has 0 atom stereocenters. The first kappa shape index (κ1) is 13.2. The van der Waals surface area contributed by atoms with Gasteiger partial charge in [-0.1, -0.05) is 17.7 Å². The van der Waals surface area contributed by atoms with Crippen LogP contribution in [0.4, 0.5) is 5.69 Å². The van der Waals surface area contributed by atoms with E-state index in [1.165, 1.54) is 12.3 Å². The molecule has 6 heteroatoms. The van der Waals surface area contributed by atoms with E-state index in [9.17, 15) is 4.79 Å². The van der Waals surface area contributed by atoms with Crippen LogP contribution in [-0.2, 0) is 6.61 Å². The number of carboxylic acid groups (broad SMARTS) is 1. The summed E-state index contributed by atoms with van der Waals surface area (Å²) in [7, 11) is 0. The van der Waals surface area contributed by atoms with Crippen LogP contribution in [0, 0.1) is 0 Å². The van der Waals surface area contributed by atoms with Crippen molar-refractivity contribution in [1.82, 2.24) is 4.98 Å². The van der Waals surface area contributed by atoms with E-state index in [1.54, 1.807) is 24.4 Å². The first-order chi connectivity index (χ1) is 9.09. The summed E-state index contributed by atoms with van der Waals surface area (Å²) in [5.74, 6) is -0.922. The average Bonchev–Trinajstić information content (AvgIpc) is 2.37. The minimum atomic E-state index is -1.13. The summed E-state index contributed by atoms with van der Waals surface area (Å²) in [6, 6.07) is 6.39. The molecule has 0 unspecified atom stereocenters. The molecular formula is C13H11ClN2O3. The molecule has 0 aliphatic heterocycles. The molecule has 0 spiro atoms. The molecule has 1 heterocycles. The molecule has 98 valence electrons. The van der Waals surface area contributed by atoms with Crippen molar-refractivity contribution in [3.8, 4) is 5.75 Å². The van der Waals surface area contributed by atoms with Crippen LogP contribution < -0.4 is 10.5 Å².